The van der Waals surface area contributed by atoms with Crippen LogP contribution in [-0.4, -0.2) is 50.2 Å². The highest BCUT2D eigenvalue weighted by atomic mass is 32.2. The SMILES string of the molecule is CCS(=O)(=O)NC1CCC(C(=O)N2CC[C@H](O[C@H](C)c3cc(C(F)(F)F)cc(C(F)(F)F)c3)[C@H](c3ccccc3)C2)CC1. The van der Waals surface area contributed by atoms with Crippen LogP contribution in [0.2, 0.25) is 0 Å². The molecule has 1 amide bonds. The number of likely N-dealkylation sites (tertiary alicyclic amines) is 1. The summed E-state index contributed by atoms with van der Waals surface area (Å²) in [4.78, 5) is 15.3. The molecule has 0 spiro atoms. The lowest BCUT2D eigenvalue weighted by Gasteiger charge is -2.41. The summed E-state index contributed by atoms with van der Waals surface area (Å²) in [5, 5.41) is 0. The first-order valence-corrected chi connectivity index (χ1v) is 16.0. The number of hydrogen-bond donors (Lipinski definition) is 1. The van der Waals surface area contributed by atoms with Gasteiger partial charge in [-0.05, 0) is 75.3 Å². The average Bonchev–Trinajstić information content (AvgIpc) is 2.96. The van der Waals surface area contributed by atoms with Crippen LogP contribution in [0.15, 0.2) is 48.5 Å². The van der Waals surface area contributed by atoms with Crippen molar-refractivity contribution in [2.75, 3.05) is 18.8 Å². The number of sulfonamides is 1. The fraction of sp³-hybridized carbons (Fsp3) is 0.567. The van der Waals surface area contributed by atoms with E-state index in [4.69, 9.17) is 4.74 Å². The Balaban J connectivity index is 1.49. The topological polar surface area (TPSA) is 75.7 Å². The third kappa shape index (κ3) is 8.51. The second kappa shape index (κ2) is 13.2. The summed E-state index contributed by atoms with van der Waals surface area (Å²) >= 11 is 0. The van der Waals surface area contributed by atoms with Crippen LogP contribution in [0.25, 0.3) is 0 Å². The van der Waals surface area contributed by atoms with Crippen LogP contribution in [0.4, 0.5) is 26.3 Å². The zero-order valence-corrected chi connectivity index (χ0v) is 24.7. The molecule has 238 valence electrons. The summed E-state index contributed by atoms with van der Waals surface area (Å²) in [5.74, 6) is -0.681. The van der Waals surface area contributed by atoms with E-state index < -0.39 is 45.7 Å². The van der Waals surface area contributed by atoms with Gasteiger partial charge < -0.3 is 9.64 Å². The number of benzene rings is 2. The van der Waals surface area contributed by atoms with E-state index in [2.05, 4.69) is 4.72 Å². The van der Waals surface area contributed by atoms with E-state index in [1.165, 1.54) is 6.92 Å². The van der Waals surface area contributed by atoms with E-state index in [1.54, 1.807) is 11.8 Å². The first-order chi connectivity index (χ1) is 20.1. The number of ether oxygens (including phenoxy) is 1. The van der Waals surface area contributed by atoms with Gasteiger partial charge in [-0.3, -0.25) is 4.79 Å². The number of carbonyl (C=O) groups excluding carboxylic acids is 1. The fourth-order valence-electron chi connectivity index (χ4n) is 5.92. The highest BCUT2D eigenvalue weighted by molar-refractivity contribution is 7.89. The molecular formula is C30H36F6N2O4S. The van der Waals surface area contributed by atoms with Gasteiger partial charge in [-0.25, -0.2) is 13.1 Å². The Labute approximate surface area is 247 Å². The standard InChI is InChI=1S/C30H36F6N2O4S/c1-3-43(40,41)37-25-11-9-21(10-12-25)28(39)38-14-13-27(26(18-38)20-7-5-4-6-8-20)42-19(2)22-15-23(29(31,32)33)17-24(16-22)30(34,35)36/h4-8,15-17,19,21,25-27,37H,3,9-14,18H2,1-2H3/t19-,21?,25?,26+,27+/m1/s1. The predicted octanol–water partition coefficient (Wildman–Crippen LogP) is 6.68. The molecule has 0 aromatic heterocycles. The molecule has 1 N–H and O–H groups in total. The molecular weight excluding hydrogens is 598 g/mol. The van der Waals surface area contributed by atoms with Crippen molar-refractivity contribution in [2.24, 2.45) is 5.92 Å². The van der Waals surface area contributed by atoms with Gasteiger partial charge in [0.05, 0.1) is 29.1 Å². The number of rotatable bonds is 8. The van der Waals surface area contributed by atoms with Crippen LogP contribution in [-0.2, 0) is 31.9 Å². The highest BCUT2D eigenvalue weighted by Crippen LogP contribution is 2.40. The highest BCUT2D eigenvalue weighted by Gasteiger charge is 2.40. The minimum atomic E-state index is -4.96. The van der Waals surface area contributed by atoms with Gasteiger partial charge >= 0.3 is 12.4 Å². The smallest absolute Gasteiger partial charge is 0.370 e. The van der Waals surface area contributed by atoms with E-state index in [0.717, 1.165) is 5.56 Å². The van der Waals surface area contributed by atoms with Gasteiger partial charge in [0.15, 0.2) is 0 Å². The molecule has 13 heteroatoms. The van der Waals surface area contributed by atoms with Crippen LogP contribution >= 0.6 is 0 Å². The van der Waals surface area contributed by atoms with E-state index in [-0.39, 0.29) is 47.7 Å². The van der Waals surface area contributed by atoms with Crippen molar-refractivity contribution in [1.82, 2.24) is 9.62 Å². The Bertz CT molecular complexity index is 1330. The second-order valence-electron chi connectivity index (χ2n) is 11.3. The first kappa shape index (κ1) is 33.3. The van der Waals surface area contributed by atoms with E-state index in [0.29, 0.717) is 50.8 Å². The normalized spacial score (nSPS) is 24.5. The molecule has 2 fully saturated rings. The molecule has 1 aliphatic heterocycles. The summed E-state index contributed by atoms with van der Waals surface area (Å²) in [6, 6.07) is 10.4. The van der Waals surface area contributed by atoms with E-state index >= 15 is 0 Å². The van der Waals surface area contributed by atoms with Crippen molar-refractivity contribution in [1.29, 1.82) is 0 Å². The van der Waals surface area contributed by atoms with Crippen LogP contribution in [0.3, 0.4) is 0 Å². The van der Waals surface area contributed by atoms with Gasteiger partial charge in [0, 0.05) is 31.0 Å². The van der Waals surface area contributed by atoms with Gasteiger partial charge in [0.25, 0.3) is 0 Å². The van der Waals surface area contributed by atoms with E-state index in [1.807, 2.05) is 30.3 Å². The summed E-state index contributed by atoms with van der Waals surface area (Å²) in [6.07, 6.45) is -9.06. The van der Waals surface area contributed by atoms with Crippen molar-refractivity contribution >= 4 is 15.9 Å². The molecule has 43 heavy (non-hydrogen) atoms. The van der Waals surface area contributed by atoms with Crippen molar-refractivity contribution in [3.8, 4) is 0 Å². The monoisotopic (exact) mass is 634 g/mol. The molecule has 0 radical (unpaired) electrons. The Morgan fingerprint density at radius 2 is 1.53 bits per heavy atom. The Morgan fingerprint density at radius 3 is 2.07 bits per heavy atom. The molecule has 6 nitrogen and oxygen atoms in total. The lowest BCUT2D eigenvalue weighted by Crippen LogP contribution is -2.49. The third-order valence-electron chi connectivity index (χ3n) is 8.35. The van der Waals surface area contributed by atoms with Crippen molar-refractivity contribution in [3.63, 3.8) is 0 Å². The molecule has 1 heterocycles. The van der Waals surface area contributed by atoms with Crippen molar-refractivity contribution in [3.05, 3.63) is 70.8 Å². The number of halogens is 6. The molecule has 1 saturated heterocycles. The molecule has 1 saturated carbocycles. The fourth-order valence-corrected chi connectivity index (χ4v) is 6.83. The molecule has 2 aromatic rings. The summed E-state index contributed by atoms with van der Waals surface area (Å²) < 4.78 is 113. The van der Waals surface area contributed by atoms with Gasteiger partial charge in [-0.15, -0.1) is 0 Å². The predicted molar refractivity (Wildman–Crippen MR) is 148 cm³/mol. The second-order valence-corrected chi connectivity index (χ2v) is 13.4. The molecule has 2 aliphatic rings. The molecule has 3 atom stereocenters. The number of nitrogens with one attached hydrogen (secondary N) is 1. The number of carbonyl (C=O) groups is 1. The average molecular weight is 635 g/mol. The zero-order valence-electron chi connectivity index (χ0n) is 23.9. The van der Waals surface area contributed by atoms with Gasteiger partial charge in [0.2, 0.25) is 15.9 Å². The molecule has 0 bridgehead atoms. The summed E-state index contributed by atoms with van der Waals surface area (Å²) in [6.45, 7) is 3.59. The number of alkyl halides is 6. The number of amides is 1. The zero-order chi connectivity index (χ0) is 31.6. The number of hydrogen-bond acceptors (Lipinski definition) is 4. The first-order valence-electron chi connectivity index (χ1n) is 14.4. The van der Waals surface area contributed by atoms with Crippen LogP contribution in [0, 0.1) is 5.92 Å². The van der Waals surface area contributed by atoms with E-state index in [9.17, 15) is 39.6 Å². The van der Waals surface area contributed by atoms with Gasteiger partial charge in [-0.2, -0.15) is 26.3 Å². The maximum atomic E-state index is 13.5. The van der Waals surface area contributed by atoms with Gasteiger partial charge in [0.1, 0.15) is 0 Å². The minimum absolute atomic E-state index is 0.0143. The van der Waals surface area contributed by atoms with Crippen LogP contribution in [0.5, 0.6) is 0 Å². The Hall–Kier alpha value is -2.64. The third-order valence-corrected chi connectivity index (χ3v) is 9.80. The maximum absolute atomic E-state index is 13.5. The Kier molecular flexibility index (Phi) is 10.2. The quantitative estimate of drug-likeness (QED) is 0.329. The molecule has 2 aromatic carbocycles. The van der Waals surface area contributed by atoms with Crippen LogP contribution in [0.1, 0.15) is 80.2 Å². The number of nitrogens with zero attached hydrogens (tertiary/aromatic N) is 1. The lowest BCUT2D eigenvalue weighted by atomic mass is 9.83. The molecule has 4 rings (SSSR count). The van der Waals surface area contributed by atoms with Gasteiger partial charge in [-0.1, -0.05) is 30.3 Å². The van der Waals surface area contributed by atoms with Crippen LogP contribution < -0.4 is 4.72 Å². The number of piperidine rings is 1. The summed E-state index contributed by atoms with van der Waals surface area (Å²) in [7, 11) is -3.34. The lowest BCUT2D eigenvalue weighted by molar-refractivity contribution is -0.143. The Morgan fingerprint density at radius 1 is 0.953 bits per heavy atom. The largest absolute Gasteiger partial charge is 0.416 e. The molecule has 0 unspecified atom stereocenters. The summed E-state index contributed by atoms with van der Waals surface area (Å²) in [5.41, 5.74) is -2.19. The van der Waals surface area contributed by atoms with Crippen molar-refractivity contribution in [2.45, 2.75) is 82.5 Å². The molecule has 1 aliphatic carbocycles. The maximum Gasteiger partial charge on any atom is 0.416 e. The van der Waals surface area contributed by atoms with Crippen molar-refractivity contribution < 1.29 is 44.3 Å². The minimum Gasteiger partial charge on any atom is -0.370 e.